The van der Waals surface area contributed by atoms with Crippen LogP contribution in [0.1, 0.15) is 46.1 Å². The average Bonchev–Trinajstić information content (AvgIpc) is 2.58. The summed E-state index contributed by atoms with van der Waals surface area (Å²) < 4.78 is 11.1. The van der Waals surface area contributed by atoms with E-state index in [4.69, 9.17) is 15.2 Å². The standard InChI is InChI=1S/C19H32N2O3.ClH/c1-6-10-21(19(22)14(3)15(4)20)13-16-8-9-17(24-11-7-2)18(12-16)23-5;/h8-9,12,14-15H,6-7,10-11,13,20H2,1-5H3;1H. The average molecular weight is 373 g/mol. The molecule has 1 aromatic carbocycles. The number of ether oxygens (including phenoxy) is 2. The van der Waals surface area contributed by atoms with E-state index in [0.29, 0.717) is 25.4 Å². The van der Waals surface area contributed by atoms with E-state index < -0.39 is 0 Å². The molecule has 0 aliphatic heterocycles. The summed E-state index contributed by atoms with van der Waals surface area (Å²) in [6.45, 7) is 9.81. The quantitative estimate of drug-likeness (QED) is 0.681. The zero-order chi connectivity index (χ0) is 18.1. The molecule has 0 aromatic heterocycles. The minimum Gasteiger partial charge on any atom is -0.493 e. The second-order valence-electron chi connectivity index (χ2n) is 6.24. The molecule has 0 radical (unpaired) electrons. The fraction of sp³-hybridized carbons (Fsp3) is 0.632. The van der Waals surface area contributed by atoms with Crippen LogP contribution >= 0.6 is 12.4 Å². The topological polar surface area (TPSA) is 64.8 Å². The van der Waals surface area contributed by atoms with Crippen molar-refractivity contribution < 1.29 is 14.3 Å². The normalized spacial score (nSPS) is 12.7. The largest absolute Gasteiger partial charge is 0.493 e. The fourth-order valence-corrected chi connectivity index (χ4v) is 2.41. The van der Waals surface area contributed by atoms with Gasteiger partial charge in [0.1, 0.15) is 0 Å². The van der Waals surface area contributed by atoms with E-state index in [1.54, 1.807) is 7.11 Å². The number of nitrogens with zero attached hydrogens (tertiary/aromatic N) is 1. The number of carbonyl (C=O) groups excluding carboxylic acids is 1. The Balaban J connectivity index is 0.00000576. The van der Waals surface area contributed by atoms with Crippen molar-refractivity contribution in [2.75, 3.05) is 20.3 Å². The number of methoxy groups -OCH3 is 1. The molecule has 0 heterocycles. The monoisotopic (exact) mass is 372 g/mol. The Kier molecular flexibility index (Phi) is 11.3. The Labute approximate surface area is 158 Å². The molecule has 0 saturated heterocycles. The van der Waals surface area contributed by atoms with Crippen molar-refractivity contribution >= 4 is 18.3 Å². The van der Waals surface area contributed by atoms with Crippen molar-refractivity contribution in [2.24, 2.45) is 11.7 Å². The van der Waals surface area contributed by atoms with E-state index >= 15 is 0 Å². The van der Waals surface area contributed by atoms with E-state index in [2.05, 4.69) is 13.8 Å². The maximum absolute atomic E-state index is 12.6. The van der Waals surface area contributed by atoms with Gasteiger partial charge in [0.25, 0.3) is 0 Å². The second-order valence-corrected chi connectivity index (χ2v) is 6.24. The van der Waals surface area contributed by atoms with Crippen molar-refractivity contribution in [2.45, 2.75) is 53.1 Å². The van der Waals surface area contributed by atoms with Gasteiger partial charge in [-0.25, -0.2) is 0 Å². The first-order chi connectivity index (χ1) is 11.4. The summed E-state index contributed by atoms with van der Waals surface area (Å²) in [6.07, 6.45) is 1.85. The van der Waals surface area contributed by atoms with Gasteiger partial charge in [-0.15, -0.1) is 12.4 Å². The molecule has 0 spiro atoms. The summed E-state index contributed by atoms with van der Waals surface area (Å²) in [4.78, 5) is 14.5. The zero-order valence-corrected chi connectivity index (χ0v) is 16.9. The Morgan fingerprint density at radius 3 is 2.40 bits per heavy atom. The highest BCUT2D eigenvalue weighted by Gasteiger charge is 2.23. The summed E-state index contributed by atoms with van der Waals surface area (Å²) in [5, 5.41) is 0. The molecule has 2 N–H and O–H groups in total. The highest BCUT2D eigenvalue weighted by atomic mass is 35.5. The van der Waals surface area contributed by atoms with Crippen LogP contribution in [0.2, 0.25) is 0 Å². The first-order valence-corrected chi connectivity index (χ1v) is 8.78. The third-order valence-electron chi connectivity index (χ3n) is 4.05. The van der Waals surface area contributed by atoms with E-state index in [-0.39, 0.29) is 30.3 Å². The number of amides is 1. The summed E-state index contributed by atoms with van der Waals surface area (Å²) in [6, 6.07) is 5.68. The van der Waals surface area contributed by atoms with Gasteiger partial charge in [-0.1, -0.05) is 26.8 Å². The third-order valence-corrected chi connectivity index (χ3v) is 4.05. The van der Waals surface area contributed by atoms with Crippen molar-refractivity contribution in [3.05, 3.63) is 23.8 Å². The predicted molar refractivity (Wildman–Crippen MR) is 105 cm³/mol. The molecule has 6 heteroatoms. The number of rotatable bonds is 10. The van der Waals surface area contributed by atoms with Gasteiger partial charge in [-0.2, -0.15) is 0 Å². The van der Waals surface area contributed by atoms with E-state index in [1.165, 1.54) is 0 Å². The SMILES string of the molecule is CCCOc1ccc(CN(CCC)C(=O)C(C)C(C)N)cc1OC.Cl. The molecule has 25 heavy (non-hydrogen) atoms. The minimum atomic E-state index is -0.189. The fourth-order valence-electron chi connectivity index (χ4n) is 2.41. The molecule has 0 aliphatic carbocycles. The maximum Gasteiger partial charge on any atom is 0.227 e. The maximum atomic E-state index is 12.6. The summed E-state index contributed by atoms with van der Waals surface area (Å²) in [5.41, 5.74) is 6.91. The summed E-state index contributed by atoms with van der Waals surface area (Å²) in [7, 11) is 1.63. The van der Waals surface area contributed by atoms with E-state index in [0.717, 1.165) is 24.2 Å². The Morgan fingerprint density at radius 1 is 1.20 bits per heavy atom. The van der Waals surface area contributed by atoms with Gasteiger partial charge in [-0.3, -0.25) is 4.79 Å². The Bertz CT molecular complexity index is 523. The first-order valence-electron chi connectivity index (χ1n) is 8.78. The van der Waals surface area contributed by atoms with Crippen LogP contribution in [0.4, 0.5) is 0 Å². The summed E-state index contributed by atoms with van der Waals surface area (Å²) >= 11 is 0. The van der Waals surface area contributed by atoms with Crippen LogP contribution in [0.3, 0.4) is 0 Å². The van der Waals surface area contributed by atoms with Crippen LogP contribution in [0.5, 0.6) is 11.5 Å². The van der Waals surface area contributed by atoms with Gasteiger partial charge in [0, 0.05) is 19.1 Å². The van der Waals surface area contributed by atoms with Crippen molar-refractivity contribution in [3.8, 4) is 11.5 Å². The minimum absolute atomic E-state index is 0. The van der Waals surface area contributed by atoms with Crippen LogP contribution in [-0.4, -0.2) is 37.1 Å². The molecule has 0 fully saturated rings. The lowest BCUT2D eigenvalue weighted by atomic mass is 10.0. The van der Waals surface area contributed by atoms with Gasteiger partial charge < -0.3 is 20.1 Å². The number of halogens is 1. The molecule has 0 saturated carbocycles. The molecule has 1 rings (SSSR count). The highest BCUT2D eigenvalue weighted by molar-refractivity contribution is 5.85. The molecule has 5 nitrogen and oxygen atoms in total. The lowest BCUT2D eigenvalue weighted by Gasteiger charge is -2.27. The van der Waals surface area contributed by atoms with Gasteiger partial charge in [0.2, 0.25) is 5.91 Å². The number of carbonyl (C=O) groups is 1. The van der Waals surface area contributed by atoms with Gasteiger partial charge >= 0.3 is 0 Å². The van der Waals surface area contributed by atoms with E-state index in [9.17, 15) is 4.79 Å². The Morgan fingerprint density at radius 2 is 1.88 bits per heavy atom. The van der Waals surface area contributed by atoms with Gasteiger partial charge in [0.05, 0.1) is 19.6 Å². The smallest absolute Gasteiger partial charge is 0.227 e. The second kappa shape index (κ2) is 12.0. The van der Waals surface area contributed by atoms with Crippen LogP contribution in [0, 0.1) is 5.92 Å². The molecular formula is C19H33ClN2O3. The lowest BCUT2D eigenvalue weighted by molar-refractivity contribution is -0.136. The molecule has 0 aliphatic rings. The highest BCUT2D eigenvalue weighted by Crippen LogP contribution is 2.29. The number of benzene rings is 1. The predicted octanol–water partition coefficient (Wildman–Crippen LogP) is 3.63. The van der Waals surface area contributed by atoms with Crippen LogP contribution in [0.25, 0.3) is 0 Å². The molecule has 2 unspecified atom stereocenters. The van der Waals surface area contributed by atoms with Gasteiger partial charge in [-0.05, 0) is 37.5 Å². The summed E-state index contributed by atoms with van der Waals surface area (Å²) in [5.74, 6) is 1.34. The zero-order valence-electron chi connectivity index (χ0n) is 16.1. The van der Waals surface area contributed by atoms with Crippen molar-refractivity contribution in [3.63, 3.8) is 0 Å². The molecule has 2 atom stereocenters. The first kappa shape index (κ1) is 23.5. The van der Waals surface area contributed by atoms with Gasteiger partial charge in [0.15, 0.2) is 11.5 Å². The van der Waals surface area contributed by atoms with Crippen LogP contribution < -0.4 is 15.2 Å². The van der Waals surface area contributed by atoms with E-state index in [1.807, 2.05) is 36.9 Å². The Hall–Kier alpha value is -1.46. The number of nitrogens with two attached hydrogens (primary N) is 1. The number of hydrogen-bond acceptors (Lipinski definition) is 4. The molecule has 144 valence electrons. The number of hydrogen-bond donors (Lipinski definition) is 1. The molecule has 0 bridgehead atoms. The molecular weight excluding hydrogens is 340 g/mol. The molecule has 1 aromatic rings. The van der Waals surface area contributed by atoms with Crippen molar-refractivity contribution in [1.82, 2.24) is 4.90 Å². The van der Waals surface area contributed by atoms with Crippen molar-refractivity contribution in [1.29, 1.82) is 0 Å². The van der Waals surface area contributed by atoms with Crippen LogP contribution in [0.15, 0.2) is 18.2 Å². The molecule has 1 amide bonds. The lowest BCUT2D eigenvalue weighted by Crippen LogP contribution is -2.41. The van der Waals surface area contributed by atoms with Crippen LogP contribution in [-0.2, 0) is 11.3 Å². The third kappa shape index (κ3) is 7.12.